The Bertz CT molecular complexity index is 1210. The zero-order chi connectivity index (χ0) is 22.3. The van der Waals surface area contributed by atoms with Crippen molar-refractivity contribution in [3.05, 3.63) is 43.8 Å². The smallest absolute Gasteiger partial charge is 0.262 e. The van der Waals surface area contributed by atoms with E-state index >= 15 is 0 Å². The van der Waals surface area contributed by atoms with Gasteiger partial charge in [-0.15, -0.1) is 11.3 Å². The van der Waals surface area contributed by atoms with E-state index in [0.29, 0.717) is 11.8 Å². The van der Waals surface area contributed by atoms with Crippen LogP contribution in [0, 0.1) is 13.8 Å². The van der Waals surface area contributed by atoms with E-state index in [0.717, 1.165) is 46.4 Å². The standard InChI is InChI=1S/C23H29N3O3S2/c1-13-10-17(15(3)26(13)14(2)11-29-5)18(27)12-30-23-24-21-20(22(28)25(23)4)16-8-6-7-9-19(16)31-21/h10,14H,6-9,11-12H2,1-5H3/t14-/m0/s1. The number of methoxy groups -OCH3 is 1. The summed E-state index contributed by atoms with van der Waals surface area (Å²) >= 11 is 2.99. The molecule has 1 atom stereocenters. The van der Waals surface area contributed by atoms with Gasteiger partial charge in [-0.2, -0.15) is 0 Å². The summed E-state index contributed by atoms with van der Waals surface area (Å²) in [5.74, 6) is 0.300. The number of hydrogen-bond acceptors (Lipinski definition) is 6. The third-order valence-corrected chi connectivity index (χ3v) is 8.34. The molecule has 0 unspecified atom stereocenters. The van der Waals surface area contributed by atoms with Crippen molar-refractivity contribution in [2.75, 3.05) is 19.5 Å². The van der Waals surface area contributed by atoms with Gasteiger partial charge in [0, 0.05) is 36.0 Å². The van der Waals surface area contributed by atoms with Gasteiger partial charge in [0.1, 0.15) is 4.83 Å². The summed E-state index contributed by atoms with van der Waals surface area (Å²) in [7, 11) is 3.44. The maximum Gasteiger partial charge on any atom is 0.262 e. The molecule has 1 aliphatic carbocycles. The maximum atomic E-state index is 13.1. The highest BCUT2D eigenvalue weighted by Gasteiger charge is 2.23. The largest absolute Gasteiger partial charge is 0.383 e. The van der Waals surface area contributed by atoms with Gasteiger partial charge in [-0.3, -0.25) is 14.2 Å². The Kier molecular flexibility index (Phi) is 6.42. The van der Waals surface area contributed by atoms with Crippen molar-refractivity contribution in [3.8, 4) is 0 Å². The highest BCUT2D eigenvalue weighted by Crippen LogP contribution is 2.34. The Balaban J connectivity index is 1.58. The van der Waals surface area contributed by atoms with E-state index in [9.17, 15) is 9.59 Å². The van der Waals surface area contributed by atoms with Gasteiger partial charge in [-0.1, -0.05) is 11.8 Å². The summed E-state index contributed by atoms with van der Waals surface area (Å²) in [4.78, 5) is 33.0. The topological polar surface area (TPSA) is 66.1 Å². The number of carbonyl (C=O) groups is 1. The molecule has 0 N–H and O–H groups in total. The molecule has 3 aromatic heterocycles. The van der Waals surface area contributed by atoms with Gasteiger partial charge in [0.2, 0.25) is 0 Å². The van der Waals surface area contributed by atoms with Crippen LogP contribution in [-0.4, -0.2) is 39.4 Å². The molecule has 166 valence electrons. The van der Waals surface area contributed by atoms with Crippen molar-refractivity contribution in [2.45, 2.75) is 57.7 Å². The second-order valence-electron chi connectivity index (χ2n) is 8.32. The fourth-order valence-corrected chi connectivity index (χ4v) is 6.82. The summed E-state index contributed by atoms with van der Waals surface area (Å²) in [5.41, 5.74) is 3.93. The Morgan fingerprint density at radius 2 is 2.06 bits per heavy atom. The van der Waals surface area contributed by atoms with E-state index in [4.69, 9.17) is 9.72 Å². The average Bonchev–Trinajstić information content (AvgIpc) is 3.26. The van der Waals surface area contributed by atoms with Gasteiger partial charge >= 0.3 is 0 Å². The first-order valence-electron chi connectivity index (χ1n) is 10.7. The Morgan fingerprint density at radius 1 is 1.32 bits per heavy atom. The van der Waals surface area contributed by atoms with E-state index in [1.807, 2.05) is 19.9 Å². The fourth-order valence-electron chi connectivity index (χ4n) is 4.66. The second-order valence-corrected chi connectivity index (χ2v) is 10.3. The Hall–Kier alpha value is -1.90. The summed E-state index contributed by atoms with van der Waals surface area (Å²) in [6.45, 7) is 6.67. The van der Waals surface area contributed by atoms with Crippen LogP contribution in [-0.2, 0) is 24.6 Å². The van der Waals surface area contributed by atoms with Gasteiger partial charge in [-0.05, 0) is 58.1 Å². The summed E-state index contributed by atoms with van der Waals surface area (Å²) in [5, 5.41) is 1.39. The van der Waals surface area contributed by atoms with Gasteiger partial charge in [-0.25, -0.2) is 4.98 Å². The van der Waals surface area contributed by atoms with Crippen LogP contribution in [0.15, 0.2) is 16.0 Å². The SMILES string of the molecule is COC[C@H](C)n1c(C)cc(C(=O)CSc2nc3sc4c(c3c(=O)n2C)CCCC4)c1C. The molecule has 0 aromatic carbocycles. The number of hydrogen-bond donors (Lipinski definition) is 0. The highest BCUT2D eigenvalue weighted by molar-refractivity contribution is 7.99. The van der Waals surface area contributed by atoms with Crippen molar-refractivity contribution < 1.29 is 9.53 Å². The molecule has 0 radical (unpaired) electrons. The molecule has 0 fully saturated rings. The number of Topliss-reactive ketones (excluding diaryl/α,β-unsaturated/α-hetero) is 1. The first-order valence-corrected chi connectivity index (χ1v) is 12.5. The number of nitrogens with zero attached hydrogens (tertiary/aromatic N) is 3. The number of ketones is 1. The number of rotatable bonds is 7. The number of aryl methyl sites for hydroxylation is 3. The molecule has 1 aliphatic rings. The number of carbonyl (C=O) groups excluding carboxylic acids is 1. The van der Waals surface area contributed by atoms with Crippen LogP contribution in [0.1, 0.15) is 58.0 Å². The highest BCUT2D eigenvalue weighted by atomic mass is 32.2. The molecule has 0 saturated carbocycles. The van der Waals surface area contributed by atoms with Crippen LogP contribution < -0.4 is 5.56 Å². The van der Waals surface area contributed by atoms with Crippen molar-refractivity contribution in [3.63, 3.8) is 0 Å². The van der Waals surface area contributed by atoms with Crippen LogP contribution in [0.5, 0.6) is 0 Å². The van der Waals surface area contributed by atoms with Crippen molar-refractivity contribution in [2.24, 2.45) is 7.05 Å². The molecule has 0 saturated heterocycles. The summed E-state index contributed by atoms with van der Waals surface area (Å²) in [6.07, 6.45) is 4.32. The van der Waals surface area contributed by atoms with Crippen molar-refractivity contribution in [1.29, 1.82) is 0 Å². The first kappa shape index (κ1) is 22.3. The van der Waals surface area contributed by atoms with Crippen LogP contribution in [0.3, 0.4) is 0 Å². The summed E-state index contributed by atoms with van der Waals surface area (Å²) < 4.78 is 9.04. The molecule has 3 heterocycles. The lowest BCUT2D eigenvalue weighted by molar-refractivity contribution is 0.102. The van der Waals surface area contributed by atoms with Crippen LogP contribution in [0.2, 0.25) is 0 Å². The lowest BCUT2D eigenvalue weighted by Gasteiger charge is -2.17. The molecule has 31 heavy (non-hydrogen) atoms. The van der Waals surface area contributed by atoms with Gasteiger partial charge < -0.3 is 9.30 Å². The van der Waals surface area contributed by atoms with Crippen molar-refractivity contribution in [1.82, 2.24) is 14.1 Å². The average molecular weight is 460 g/mol. The second kappa shape index (κ2) is 8.92. The third kappa shape index (κ3) is 4.01. The van der Waals surface area contributed by atoms with E-state index < -0.39 is 0 Å². The fraction of sp³-hybridized carbons (Fsp3) is 0.522. The number of aromatic nitrogens is 3. The molecule has 6 nitrogen and oxygen atoms in total. The quantitative estimate of drug-likeness (QED) is 0.296. The molecular weight excluding hydrogens is 430 g/mol. The van der Waals surface area contributed by atoms with Gasteiger partial charge in [0.05, 0.1) is 23.8 Å². The zero-order valence-corrected chi connectivity index (χ0v) is 20.4. The normalized spacial score (nSPS) is 14.7. The minimum Gasteiger partial charge on any atom is -0.383 e. The van der Waals surface area contributed by atoms with Crippen molar-refractivity contribution >= 4 is 39.1 Å². The molecule has 0 spiro atoms. The molecular formula is C23H29N3O3S2. The van der Waals surface area contributed by atoms with E-state index in [2.05, 4.69) is 11.5 Å². The Labute approximate surface area is 190 Å². The zero-order valence-electron chi connectivity index (χ0n) is 18.8. The van der Waals surface area contributed by atoms with E-state index in [1.165, 1.54) is 28.6 Å². The van der Waals surface area contributed by atoms with Crippen LogP contribution in [0.4, 0.5) is 0 Å². The number of thiophene rings is 1. The number of thioether (sulfide) groups is 1. The number of fused-ring (bicyclic) bond motifs is 3. The predicted octanol–water partition coefficient (Wildman–Crippen LogP) is 4.47. The monoisotopic (exact) mass is 459 g/mol. The molecule has 0 aliphatic heterocycles. The molecule has 3 aromatic rings. The van der Waals surface area contributed by atoms with Gasteiger partial charge in [0.25, 0.3) is 5.56 Å². The lowest BCUT2D eigenvalue weighted by Crippen LogP contribution is -2.21. The Morgan fingerprint density at radius 3 is 2.81 bits per heavy atom. The number of ether oxygens (including phenoxy) is 1. The molecule has 8 heteroatoms. The minimum atomic E-state index is 0.00548. The molecule has 4 rings (SSSR count). The van der Waals surface area contributed by atoms with Gasteiger partial charge in [0.15, 0.2) is 10.9 Å². The third-order valence-electron chi connectivity index (χ3n) is 6.12. The molecule has 0 amide bonds. The van der Waals surface area contributed by atoms with Crippen LogP contribution in [0.25, 0.3) is 10.2 Å². The predicted molar refractivity (Wildman–Crippen MR) is 127 cm³/mol. The maximum absolute atomic E-state index is 13.1. The van der Waals surface area contributed by atoms with E-state index in [1.54, 1.807) is 30.1 Å². The minimum absolute atomic E-state index is 0.00548. The molecule has 0 bridgehead atoms. The van der Waals surface area contributed by atoms with Crippen LogP contribution >= 0.6 is 23.1 Å². The van der Waals surface area contributed by atoms with E-state index in [-0.39, 0.29) is 23.1 Å². The summed E-state index contributed by atoms with van der Waals surface area (Å²) in [6, 6.07) is 2.11. The lowest BCUT2D eigenvalue weighted by atomic mass is 9.97. The first-order chi connectivity index (χ1) is 14.8.